The molecule has 0 aromatic heterocycles. The maximum atomic E-state index is 12.3. The first kappa shape index (κ1) is 16.4. The molecule has 0 spiro atoms. The maximum Gasteiger partial charge on any atom is 0.246 e. The normalized spacial score (nSPS) is 11.8. The lowest BCUT2D eigenvalue weighted by Crippen LogP contribution is -2.32. The number of hydrogen-bond donors (Lipinski definition) is 2. The summed E-state index contributed by atoms with van der Waals surface area (Å²) in [6.45, 7) is 3.99. The molecule has 2 aromatic rings. The number of thioether (sulfide) groups is 1. The number of nitrogens with one attached hydrogen (secondary N) is 2. The third kappa shape index (κ3) is 4.28. The maximum absolute atomic E-state index is 12.3. The molecule has 22 heavy (non-hydrogen) atoms. The van der Waals surface area contributed by atoms with Gasteiger partial charge < -0.3 is 10.6 Å². The van der Waals surface area contributed by atoms with Crippen LogP contribution in [0.3, 0.4) is 0 Å². The van der Waals surface area contributed by atoms with Crippen molar-refractivity contribution in [3.63, 3.8) is 0 Å². The van der Waals surface area contributed by atoms with Crippen LogP contribution in [0, 0.1) is 0 Å². The predicted octanol–water partition coefficient (Wildman–Crippen LogP) is 4.41. The van der Waals surface area contributed by atoms with Gasteiger partial charge in [-0.2, -0.15) is 0 Å². The average molecular weight is 314 g/mol. The molecule has 0 fully saturated rings. The molecule has 0 unspecified atom stereocenters. The predicted molar refractivity (Wildman–Crippen MR) is 95.8 cm³/mol. The van der Waals surface area contributed by atoms with Gasteiger partial charge in [0.05, 0.1) is 5.69 Å². The van der Waals surface area contributed by atoms with E-state index in [0.29, 0.717) is 0 Å². The van der Waals surface area contributed by atoms with Gasteiger partial charge in [0.2, 0.25) is 5.91 Å². The highest BCUT2D eigenvalue weighted by atomic mass is 32.2. The van der Waals surface area contributed by atoms with Crippen LogP contribution in [0.4, 0.5) is 11.4 Å². The molecule has 2 N–H and O–H groups in total. The van der Waals surface area contributed by atoms with E-state index in [1.54, 1.807) is 11.8 Å². The van der Waals surface area contributed by atoms with E-state index in [1.807, 2.05) is 49.6 Å². The van der Waals surface area contributed by atoms with Crippen molar-refractivity contribution in [2.75, 3.05) is 16.9 Å². The van der Waals surface area contributed by atoms with Crippen LogP contribution in [0.15, 0.2) is 53.4 Å². The van der Waals surface area contributed by atoms with Crippen LogP contribution < -0.4 is 10.6 Å². The van der Waals surface area contributed by atoms with Crippen LogP contribution in [0.1, 0.15) is 19.4 Å². The molecule has 0 aliphatic heterocycles. The molecule has 0 radical (unpaired) electrons. The molecule has 2 rings (SSSR count). The van der Waals surface area contributed by atoms with Crippen molar-refractivity contribution in [2.24, 2.45) is 0 Å². The Morgan fingerprint density at radius 2 is 1.82 bits per heavy atom. The fourth-order valence-corrected chi connectivity index (χ4v) is 2.69. The summed E-state index contributed by atoms with van der Waals surface area (Å²) in [6, 6.07) is 15.7. The minimum absolute atomic E-state index is 0.0407. The van der Waals surface area contributed by atoms with E-state index in [1.165, 1.54) is 5.56 Å². The topological polar surface area (TPSA) is 41.1 Å². The van der Waals surface area contributed by atoms with Crippen LogP contribution >= 0.6 is 11.8 Å². The lowest BCUT2D eigenvalue weighted by Gasteiger charge is -2.16. The third-order valence-electron chi connectivity index (χ3n) is 3.50. The Morgan fingerprint density at radius 1 is 1.14 bits per heavy atom. The van der Waals surface area contributed by atoms with E-state index in [9.17, 15) is 4.79 Å². The highest BCUT2D eigenvalue weighted by Crippen LogP contribution is 2.24. The molecule has 0 heterocycles. The first-order valence-corrected chi connectivity index (χ1v) is 8.66. The molecule has 0 bridgehead atoms. The SMILES string of the molecule is CCc1ccc(N[C@H](C)C(=O)Nc2ccccc2SC)cc1. The smallest absolute Gasteiger partial charge is 0.246 e. The number of para-hydroxylation sites is 1. The highest BCUT2D eigenvalue weighted by Gasteiger charge is 2.14. The van der Waals surface area contributed by atoms with Gasteiger partial charge in [-0.3, -0.25) is 4.79 Å². The second kappa shape index (κ2) is 7.90. The summed E-state index contributed by atoms with van der Waals surface area (Å²) < 4.78 is 0. The Bertz CT molecular complexity index is 625. The average Bonchev–Trinajstić information content (AvgIpc) is 2.56. The first-order valence-electron chi connectivity index (χ1n) is 7.43. The van der Waals surface area contributed by atoms with E-state index < -0.39 is 0 Å². The van der Waals surface area contributed by atoms with Crippen molar-refractivity contribution in [1.29, 1.82) is 0 Å². The second-order valence-corrected chi connectivity index (χ2v) is 5.95. The molecule has 0 saturated heterocycles. The zero-order valence-corrected chi connectivity index (χ0v) is 14.0. The fourth-order valence-electron chi connectivity index (χ4n) is 2.14. The van der Waals surface area contributed by atoms with Crippen molar-refractivity contribution in [3.8, 4) is 0 Å². The Balaban J connectivity index is 1.99. The zero-order valence-electron chi connectivity index (χ0n) is 13.2. The molecule has 3 nitrogen and oxygen atoms in total. The van der Waals surface area contributed by atoms with E-state index in [2.05, 4.69) is 29.7 Å². The number of carbonyl (C=O) groups is 1. The Morgan fingerprint density at radius 3 is 2.45 bits per heavy atom. The molecule has 2 aromatic carbocycles. The number of hydrogen-bond acceptors (Lipinski definition) is 3. The lowest BCUT2D eigenvalue weighted by atomic mass is 10.1. The van der Waals surface area contributed by atoms with Crippen LogP contribution in [0.2, 0.25) is 0 Å². The quantitative estimate of drug-likeness (QED) is 0.776. The summed E-state index contributed by atoms with van der Waals surface area (Å²) in [7, 11) is 0. The van der Waals surface area contributed by atoms with E-state index in [0.717, 1.165) is 22.7 Å². The standard InChI is InChI=1S/C18H22N2OS/c1-4-14-9-11-15(12-10-14)19-13(2)18(21)20-16-7-5-6-8-17(16)22-3/h5-13,19H,4H2,1-3H3,(H,20,21)/t13-/m1/s1. The van der Waals surface area contributed by atoms with E-state index in [-0.39, 0.29) is 11.9 Å². The molecule has 116 valence electrons. The fraction of sp³-hybridized carbons (Fsp3) is 0.278. The number of amides is 1. The van der Waals surface area contributed by atoms with Gasteiger partial charge in [0.1, 0.15) is 6.04 Å². The molecule has 0 saturated carbocycles. The summed E-state index contributed by atoms with van der Waals surface area (Å²) in [5, 5.41) is 6.21. The van der Waals surface area contributed by atoms with Gasteiger partial charge in [0, 0.05) is 10.6 Å². The Kier molecular flexibility index (Phi) is 5.90. The van der Waals surface area contributed by atoms with Gasteiger partial charge in [-0.1, -0.05) is 31.2 Å². The summed E-state index contributed by atoms with van der Waals surface area (Å²) in [4.78, 5) is 13.4. The molecule has 1 atom stereocenters. The van der Waals surface area contributed by atoms with Crippen molar-refractivity contribution in [2.45, 2.75) is 31.2 Å². The molecule has 1 amide bonds. The Hall–Kier alpha value is -1.94. The minimum atomic E-state index is -0.303. The second-order valence-electron chi connectivity index (χ2n) is 5.11. The third-order valence-corrected chi connectivity index (χ3v) is 4.30. The number of aryl methyl sites for hydroxylation is 1. The number of carbonyl (C=O) groups excluding carboxylic acids is 1. The monoisotopic (exact) mass is 314 g/mol. The van der Waals surface area contributed by atoms with Crippen LogP contribution in [0.25, 0.3) is 0 Å². The van der Waals surface area contributed by atoms with E-state index in [4.69, 9.17) is 0 Å². The number of rotatable bonds is 6. The largest absolute Gasteiger partial charge is 0.374 e. The molecule has 0 aliphatic carbocycles. The molecular formula is C18H22N2OS. The zero-order chi connectivity index (χ0) is 15.9. The summed E-state index contributed by atoms with van der Waals surface area (Å²) in [6.07, 6.45) is 3.02. The summed E-state index contributed by atoms with van der Waals surface area (Å²) in [5.74, 6) is -0.0407. The van der Waals surface area contributed by atoms with Crippen LogP contribution in [-0.4, -0.2) is 18.2 Å². The van der Waals surface area contributed by atoms with Gasteiger partial charge in [-0.05, 0) is 49.4 Å². The van der Waals surface area contributed by atoms with Crippen molar-refractivity contribution in [3.05, 3.63) is 54.1 Å². The first-order chi connectivity index (χ1) is 10.6. The lowest BCUT2D eigenvalue weighted by molar-refractivity contribution is -0.116. The van der Waals surface area contributed by atoms with Crippen molar-refractivity contribution >= 4 is 29.0 Å². The van der Waals surface area contributed by atoms with Gasteiger partial charge in [-0.15, -0.1) is 11.8 Å². The minimum Gasteiger partial charge on any atom is -0.374 e. The van der Waals surface area contributed by atoms with Crippen LogP contribution in [-0.2, 0) is 11.2 Å². The molecule has 4 heteroatoms. The van der Waals surface area contributed by atoms with Gasteiger partial charge in [0.15, 0.2) is 0 Å². The highest BCUT2D eigenvalue weighted by molar-refractivity contribution is 7.98. The molecule has 0 aliphatic rings. The van der Waals surface area contributed by atoms with Gasteiger partial charge in [-0.25, -0.2) is 0 Å². The van der Waals surface area contributed by atoms with Crippen molar-refractivity contribution < 1.29 is 4.79 Å². The Labute approximate surface area is 136 Å². The summed E-state index contributed by atoms with van der Waals surface area (Å²) in [5.41, 5.74) is 3.10. The van der Waals surface area contributed by atoms with Crippen molar-refractivity contribution in [1.82, 2.24) is 0 Å². The van der Waals surface area contributed by atoms with E-state index >= 15 is 0 Å². The summed E-state index contributed by atoms with van der Waals surface area (Å²) >= 11 is 1.62. The number of benzene rings is 2. The van der Waals surface area contributed by atoms with Gasteiger partial charge in [0.25, 0.3) is 0 Å². The van der Waals surface area contributed by atoms with Crippen LogP contribution in [0.5, 0.6) is 0 Å². The number of anilines is 2. The van der Waals surface area contributed by atoms with Gasteiger partial charge >= 0.3 is 0 Å². The molecular weight excluding hydrogens is 292 g/mol.